The maximum absolute atomic E-state index is 11.7. The number of aromatic amines is 1. The first-order valence-electron chi connectivity index (χ1n) is 5.86. The second kappa shape index (κ2) is 5.63. The van der Waals surface area contributed by atoms with Crippen LogP contribution in [0.1, 0.15) is 18.2 Å². The van der Waals surface area contributed by atoms with E-state index in [-0.39, 0.29) is 13.0 Å². The van der Waals surface area contributed by atoms with Gasteiger partial charge in [0.2, 0.25) is 0 Å². The maximum Gasteiger partial charge on any atom is 0.350 e. The Balaban J connectivity index is 2.06. The van der Waals surface area contributed by atoms with Gasteiger partial charge in [-0.2, -0.15) is 0 Å². The van der Waals surface area contributed by atoms with E-state index in [4.69, 9.17) is 19.3 Å². The van der Waals surface area contributed by atoms with Gasteiger partial charge in [-0.25, -0.2) is 4.79 Å². The van der Waals surface area contributed by atoms with Gasteiger partial charge < -0.3 is 19.3 Å². The van der Waals surface area contributed by atoms with E-state index in [9.17, 15) is 14.2 Å². The summed E-state index contributed by atoms with van der Waals surface area (Å²) in [6.45, 7) is 1.68. The Hall–Kier alpha value is -1.25. The minimum absolute atomic E-state index is 0.120. The van der Waals surface area contributed by atoms with E-state index in [0.717, 1.165) is 0 Å². The van der Waals surface area contributed by atoms with E-state index in [2.05, 4.69) is 4.98 Å². The number of rotatable bonds is 4. The van der Waals surface area contributed by atoms with Crippen LogP contribution in [0.25, 0.3) is 0 Å². The Bertz CT molecular complexity index is 646. The van der Waals surface area contributed by atoms with Gasteiger partial charge in [0.05, 0.1) is 12.7 Å². The van der Waals surface area contributed by atoms with E-state index < -0.39 is 37.5 Å². The Labute approximate surface area is 113 Å². The quantitative estimate of drug-likeness (QED) is 0.626. The number of hydrogen-bond donors (Lipinski definition) is 3. The Kier molecular flexibility index (Phi) is 4.26. The van der Waals surface area contributed by atoms with Crippen molar-refractivity contribution in [2.24, 2.45) is 0 Å². The molecule has 2 heterocycles. The molecule has 1 aliphatic heterocycles. The molecule has 1 saturated heterocycles. The molecular weight excluding hydrogens is 291 g/mol. The highest BCUT2D eigenvalue weighted by molar-refractivity contribution is 7.51. The average Bonchev–Trinajstić information content (AvgIpc) is 2.79. The van der Waals surface area contributed by atoms with Gasteiger partial charge in [0.1, 0.15) is 12.6 Å². The number of H-pyrrole nitrogens is 1. The molecule has 2 atom stereocenters. The molecule has 0 unspecified atom stereocenters. The molecule has 10 heteroatoms. The first kappa shape index (κ1) is 15.1. The van der Waals surface area contributed by atoms with E-state index in [1.807, 2.05) is 0 Å². The fourth-order valence-corrected chi connectivity index (χ4v) is 2.30. The van der Waals surface area contributed by atoms with Crippen molar-refractivity contribution < 1.29 is 23.8 Å². The first-order valence-corrected chi connectivity index (χ1v) is 7.66. The van der Waals surface area contributed by atoms with Crippen molar-refractivity contribution in [3.05, 3.63) is 32.6 Å². The molecule has 0 saturated carbocycles. The third-order valence-electron chi connectivity index (χ3n) is 2.87. The molecule has 112 valence electrons. The number of nitrogens with one attached hydrogen (secondary N) is 1. The van der Waals surface area contributed by atoms with Crippen LogP contribution in [-0.2, 0) is 14.0 Å². The molecule has 0 bridgehead atoms. The monoisotopic (exact) mass is 306 g/mol. The van der Waals surface area contributed by atoms with Gasteiger partial charge in [-0.15, -0.1) is 0 Å². The summed E-state index contributed by atoms with van der Waals surface area (Å²) in [6.07, 6.45) is -0.165. The van der Waals surface area contributed by atoms with E-state index >= 15 is 0 Å². The topological polar surface area (TPSA) is 131 Å². The van der Waals surface area contributed by atoms with Crippen molar-refractivity contribution in [3.63, 3.8) is 0 Å². The fourth-order valence-electron chi connectivity index (χ4n) is 1.89. The molecule has 0 radical (unpaired) electrons. The van der Waals surface area contributed by atoms with Crippen LogP contribution in [0, 0.1) is 6.92 Å². The van der Waals surface area contributed by atoms with Crippen LogP contribution < -0.4 is 11.2 Å². The summed E-state index contributed by atoms with van der Waals surface area (Å²) >= 11 is 0. The van der Waals surface area contributed by atoms with Crippen molar-refractivity contribution in [2.75, 3.05) is 13.0 Å². The second-order valence-corrected chi connectivity index (χ2v) is 6.17. The van der Waals surface area contributed by atoms with Crippen LogP contribution in [0.2, 0.25) is 0 Å². The van der Waals surface area contributed by atoms with Gasteiger partial charge >= 0.3 is 13.3 Å². The summed E-state index contributed by atoms with van der Waals surface area (Å²) in [6, 6.07) is 0. The summed E-state index contributed by atoms with van der Waals surface area (Å²) in [4.78, 5) is 42.5. The zero-order valence-corrected chi connectivity index (χ0v) is 11.6. The molecule has 2 rings (SSSR count). The summed E-state index contributed by atoms with van der Waals surface area (Å²) in [7, 11) is -4.23. The summed E-state index contributed by atoms with van der Waals surface area (Å²) in [5.74, 6) is 0. The Morgan fingerprint density at radius 1 is 1.55 bits per heavy atom. The highest BCUT2D eigenvalue weighted by atomic mass is 31.2. The van der Waals surface area contributed by atoms with Gasteiger partial charge in [-0.1, -0.05) is 0 Å². The molecule has 9 nitrogen and oxygen atoms in total. The molecule has 1 aromatic rings. The predicted octanol–water partition coefficient (Wildman–Crippen LogP) is -0.716. The van der Waals surface area contributed by atoms with Crippen LogP contribution >= 0.6 is 7.60 Å². The first-order chi connectivity index (χ1) is 9.26. The lowest BCUT2D eigenvalue weighted by Crippen LogP contribution is -2.33. The van der Waals surface area contributed by atoms with Gasteiger partial charge in [0.15, 0.2) is 0 Å². The van der Waals surface area contributed by atoms with Crippen LogP contribution in [0.15, 0.2) is 15.8 Å². The van der Waals surface area contributed by atoms with Crippen molar-refractivity contribution in [3.8, 4) is 0 Å². The van der Waals surface area contributed by atoms with Crippen LogP contribution in [0.4, 0.5) is 0 Å². The molecule has 1 aliphatic rings. The van der Waals surface area contributed by atoms with Crippen molar-refractivity contribution in [2.45, 2.75) is 25.7 Å². The fraction of sp³-hybridized carbons (Fsp3) is 0.600. The van der Waals surface area contributed by atoms with Gasteiger partial charge in [-0.05, 0) is 6.92 Å². The summed E-state index contributed by atoms with van der Waals surface area (Å²) in [5, 5.41) is 0. The summed E-state index contributed by atoms with van der Waals surface area (Å²) < 4.78 is 22.3. The zero-order chi connectivity index (χ0) is 14.9. The normalized spacial score (nSPS) is 23.1. The smallest absolute Gasteiger partial charge is 0.350 e. The van der Waals surface area contributed by atoms with Gasteiger partial charge in [0, 0.05) is 18.2 Å². The molecule has 1 aromatic heterocycles. The molecule has 20 heavy (non-hydrogen) atoms. The molecule has 0 aliphatic carbocycles. The number of ether oxygens (including phenoxy) is 2. The van der Waals surface area contributed by atoms with Crippen molar-refractivity contribution >= 4 is 7.60 Å². The lowest BCUT2D eigenvalue weighted by atomic mass is 10.3. The Morgan fingerprint density at radius 2 is 2.25 bits per heavy atom. The van der Waals surface area contributed by atoms with E-state index in [1.165, 1.54) is 10.8 Å². The second-order valence-electron chi connectivity index (χ2n) is 4.58. The number of aromatic nitrogens is 2. The molecule has 0 aromatic carbocycles. The molecule has 0 amide bonds. The SMILES string of the molecule is Cc1cn([C@H]2C[C@@H](OCP(=O)(O)O)CO2)c(=O)[nH]c1=O. The molecule has 3 N–H and O–H groups in total. The zero-order valence-electron chi connectivity index (χ0n) is 10.7. The van der Waals surface area contributed by atoms with Crippen molar-refractivity contribution in [1.29, 1.82) is 0 Å². The minimum atomic E-state index is -4.23. The third kappa shape index (κ3) is 3.65. The highest BCUT2D eigenvalue weighted by Crippen LogP contribution is 2.36. The molecule has 1 fully saturated rings. The maximum atomic E-state index is 11.7. The number of aryl methyl sites for hydroxylation is 1. The molecule has 0 spiro atoms. The minimum Gasteiger partial charge on any atom is -0.363 e. The standard InChI is InChI=1S/C10H15N2O7P/c1-6-3-12(10(14)11-9(6)13)8-2-7(4-18-8)19-5-20(15,16)17/h3,7-8H,2,4-5H2,1H3,(H,11,13,14)(H2,15,16,17)/t7-,8-/m1/s1. The average molecular weight is 306 g/mol. The summed E-state index contributed by atoms with van der Waals surface area (Å²) in [5.41, 5.74) is -0.687. The number of nitrogens with zero attached hydrogens (tertiary/aromatic N) is 1. The van der Waals surface area contributed by atoms with E-state index in [1.54, 1.807) is 6.92 Å². The lowest BCUT2D eigenvalue weighted by molar-refractivity contribution is 0.0324. The van der Waals surface area contributed by atoms with Crippen LogP contribution in [0.3, 0.4) is 0 Å². The third-order valence-corrected chi connectivity index (χ3v) is 3.36. The van der Waals surface area contributed by atoms with Gasteiger partial charge in [-0.3, -0.25) is 18.9 Å². The number of hydrogen-bond acceptors (Lipinski definition) is 5. The largest absolute Gasteiger partial charge is 0.363 e. The highest BCUT2D eigenvalue weighted by Gasteiger charge is 2.30. The molecular formula is C10H15N2O7P. The predicted molar refractivity (Wildman–Crippen MR) is 67.4 cm³/mol. The van der Waals surface area contributed by atoms with E-state index in [0.29, 0.717) is 5.56 Å². The Morgan fingerprint density at radius 3 is 2.90 bits per heavy atom. The van der Waals surface area contributed by atoms with Crippen molar-refractivity contribution in [1.82, 2.24) is 9.55 Å². The van der Waals surface area contributed by atoms with Crippen LogP contribution in [-0.4, -0.2) is 38.4 Å². The lowest BCUT2D eigenvalue weighted by Gasteiger charge is -2.13. The van der Waals surface area contributed by atoms with Gasteiger partial charge in [0.25, 0.3) is 5.56 Å². The van der Waals surface area contributed by atoms with Crippen LogP contribution in [0.5, 0.6) is 0 Å².